The second kappa shape index (κ2) is 2.57. The number of aromatic carboxylic acids is 1. The van der Waals surface area contributed by atoms with E-state index in [-0.39, 0.29) is 0 Å². The molecule has 0 bridgehead atoms. The van der Waals surface area contributed by atoms with E-state index in [1.54, 1.807) is 0 Å². The molecular formula is C6H4O6. The normalized spacial score (nSPS) is 9.67. The van der Waals surface area contributed by atoms with Gasteiger partial charge >= 0.3 is 11.6 Å². The van der Waals surface area contributed by atoms with Crippen LogP contribution in [0.4, 0.5) is 0 Å². The highest BCUT2D eigenvalue weighted by Gasteiger charge is 2.17. The Morgan fingerprint density at radius 2 is 1.92 bits per heavy atom. The third kappa shape index (κ3) is 1.09. The minimum Gasteiger partial charge on any atom is -0.503 e. The second-order valence-corrected chi connectivity index (χ2v) is 1.94. The number of carboxylic acid groups (broad SMARTS) is 1. The van der Waals surface area contributed by atoms with E-state index in [1.165, 1.54) is 0 Å². The maximum absolute atomic E-state index is 10.4. The van der Waals surface area contributed by atoms with Crippen LogP contribution in [0.25, 0.3) is 0 Å². The molecule has 6 nitrogen and oxygen atoms in total. The Hall–Kier alpha value is -1.98. The molecule has 0 aliphatic heterocycles. The van der Waals surface area contributed by atoms with Gasteiger partial charge in [0.15, 0.2) is 5.75 Å². The van der Waals surface area contributed by atoms with Crippen LogP contribution >= 0.6 is 0 Å². The van der Waals surface area contributed by atoms with Gasteiger partial charge in [-0.3, -0.25) is 0 Å². The zero-order valence-electron chi connectivity index (χ0n) is 5.64. The molecule has 0 spiro atoms. The molecule has 1 heterocycles. The summed E-state index contributed by atoms with van der Waals surface area (Å²) in [5.41, 5.74) is -1.84. The van der Waals surface area contributed by atoms with E-state index in [0.717, 1.165) is 0 Å². The Morgan fingerprint density at radius 1 is 1.33 bits per heavy atom. The van der Waals surface area contributed by atoms with Gasteiger partial charge in [0.25, 0.3) is 0 Å². The Morgan fingerprint density at radius 3 is 2.42 bits per heavy atom. The number of rotatable bonds is 1. The van der Waals surface area contributed by atoms with Crippen LogP contribution in [0.15, 0.2) is 15.5 Å². The topological polar surface area (TPSA) is 108 Å². The summed E-state index contributed by atoms with van der Waals surface area (Å²) in [6.45, 7) is 0. The van der Waals surface area contributed by atoms with Crippen molar-refractivity contribution in [1.82, 2.24) is 0 Å². The summed E-state index contributed by atoms with van der Waals surface area (Å²) in [6, 6.07) is 0. The van der Waals surface area contributed by atoms with Crippen molar-refractivity contribution in [2.24, 2.45) is 0 Å². The van der Waals surface area contributed by atoms with Crippen molar-refractivity contribution < 1.29 is 24.5 Å². The Labute approximate surface area is 65.3 Å². The molecule has 0 fully saturated rings. The molecule has 0 aliphatic carbocycles. The molecule has 12 heavy (non-hydrogen) atoms. The van der Waals surface area contributed by atoms with Gasteiger partial charge in [-0.05, 0) is 0 Å². The Kier molecular flexibility index (Phi) is 1.74. The fraction of sp³-hybridized carbons (Fsp3) is 0. The van der Waals surface area contributed by atoms with Crippen LogP contribution in [0.3, 0.4) is 0 Å². The fourth-order valence-electron chi connectivity index (χ4n) is 0.600. The molecule has 6 heteroatoms. The van der Waals surface area contributed by atoms with Gasteiger partial charge in [-0.1, -0.05) is 0 Å². The standard InChI is InChI=1S/C6H4O6/c7-3-2(5(9)10)1-12-6(11)4(3)8/h1,7-8H,(H,9,10). The third-order valence-electron chi connectivity index (χ3n) is 1.19. The van der Waals surface area contributed by atoms with Crippen molar-refractivity contribution in [3.63, 3.8) is 0 Å². The predicted molar refractivity (Wildman–Crippen MR) is 35.3 cm³/mol. The summed E-state index contributed by atoms with van der Waals surface area (Å²) in [5, 5.41) is 25.9. The third-order valence-corrected chi connectivity index (χ3v) is 1.19. The number of hydrogen-bond donors (Lipinski definition) is 3. The van der Waals surface area contributed by atoms with Gasteiger partial charge in [0, 0.05) is 0 Å². The molecule has 64 valence electrons. The maximum atomic E-state index is 10.4. The Bertz CT molecular complexity index is 376. The van der Waals surface area contributed by atoms with Crippen molar-refractivity contribution in [2.45, 2.75) is 0 Å². The molecule has 0 aromatic carbocycles. The largest absolute Gasteiger partial charge is 0.503 e. The van der Waals surface area contributed by atoms with E-state index >= 15 is 0 Å². The summed E-state index contributed by atoms with van der Waals surface area (Å²) in [6.07, 6.45) is 0.555. The van der Waals surface area contributed by atoms with E-state index < -0.39 is 28.7 Å². The van der Waals surface area contributed by atoms with E-state index in [2.05, 4.69) is 4.42 Å². The van der Waals surface area contributed by atoms with Crippen molar-refractivity contribution in [3.8, 4) is 11.5 Å². The quantitative estimate of drug-likeness (QED) is 0.539. The van der Waals surface area contributed by atoms with Gasteiger partial charge in [-0.15, -0.1) is 0 Å². The van der Waals surface area contributed by atoms with Crippen LogP contribution in [-0.4, -0.2) is 21.3 Å². The van der Waals surface area contributed by atoms with Crippen molar-refractivity contribution in [3.05, 3.63) is 22.2 Å². The van der Waals surface area contributed by atoms with Crippen LogP contribution in [0, 0.1) is 0 Å². The lowest BCUT2D eigenvalue weighted by Crippen LogP contribution is -2.03. The van der Waals surface area contributed by atoms with Crippen molar-refractivity contribution in [2.75, 3.05) is 0 Å². The maximum Gasteiger partial charge on any atom is 0.382 e. The van der Waals surface area contributed by atoms with Crippen LogP contribution in [0.1, 0.15) is 10.4 Å². The summed E-state index contributed by atoms with van der Waals surface area (Å²) < 4.78 is 4.08. The molecular weight excluding hydrogens is 168 g/mol. The highest BCUT2D eigenvalue weighted by Crippen LogP contribution is 2.23. The second-order valence-electron chi connectivity index (χ2n) is 1.94. The number of carboxylic acids is 1. The highest BCUT2D eigenvalue weighted by molar-refractivity contribution is 5.90. The van der Waals surface area contributed by atoms with Gasteiger partial charge in [0.1, 0.15) is 11.8 Å². The molecule has 0 atom stereocenters. The first kappa shape index (κ1) is 8.12. The van der Waals surface area contributed by atoms with Gasteiger partial charge < -0.3 is 19.7 Å². The first-order valence-electron chi connectivity index (χ1n) is 2.81. The van der Waals surface area contributed by atoms with Crippen LogP contribution in [0.2, 0.25) is 0 Å². The van der Waals surface area contributed by atoms with E-state index in [1.807, 2.05) is 0 Å². The molecule has 1 aromatic rings. The van der Waals surface area contributed by atoms with Gasteiger partial charge in [0.2, 0.25) is 5.75 Å². The number of hydrogen-bond acceptors (Lipinski definition) is 5. The molecule has 0 saturated heterocycles. The molecule has 0 unspecified atom stereocenters. The van der Waals surface area contributed by atoms with Crippen LogP contribution < -0.4 is 5.63 Å². The molecule has 3 N–H and O–H groups in total. The molecule has 1 rings (SSSR count). The predicted octanol–water partition coefficient (Wildman–Crippen LogP) is -0.251. The zero-order chi connectivity index (χ0) is 9.30. The number of aromatic hydroxyl groups is 2. The average Bonchev–Trinajstić information content (AvgIpc) is 2.00. The monoisotopic (exact) mass is 172 g/mol. The zero-order valence-corrected chi connectivity index (χ0v) is 5.64. The lowest BCUT2D eigenvalue weighted by atomic mass is 10.2. The number of carbonyl (C=O) groups is 1. The molecule has 1 aromatic heterocycles. The molecule has 0 aliphatic rings. The summed E-state index contributed by atoms with van der Waals surface area (Å²) >= 11 is 0. The minimum absolute atomic E-state index is 0.555. The molecule has 0 amide bonds. The van der Waals surface area contributed by atoms with Gasteiger partial charge in [-0.25, -0.2) is 9.59 Å². The average molecular weight is 172 g/mol. The van der Waals surface area contributed by atoms with Gasteiger partial charge in [-0.2, -0.15) is 0 Å². The Balaban J connectivity index is 3.47. The van der Waals surface area contributed by atoms with Crippen molar-refractivity contribution in [1.29, 1.82) is 0 Å². The lowest BCUT2D eigenvalue weighted by molar-refractivity contribution is 0.0689. The first-order chi connectivity index (χ1) is 5.54. The minimum atomic E-state index is -1.49. The van der Waals surface area contributed by atoms with E-state index in [9.17, 15) is 9.59 Å². The molecule has 0 radical (unpaired) electrons. The molecule has 0 saturated carbocycles. The fourth-order valence-corrected chi connectivity index (χ4v) is 0.600. The summed E-state index contributed by atoms with van der Waals surface area (Å²) in [7, 11) is 0. The first-order valence-corrected chi connectivity index (χ1v) is 2.81. The smallest absolute Gasteiger partial charge is 0.382 e. The van der Waals surface area contributed by atoms with E-state index in [0.29, 0.717) is 6.26 Å². The lowest BCUT2D eigenvalue weighted by Gasteiger charge is -1.97. The van der Waals surface area contributed by atoms with E-state index in [4.69, 9.17) is 15.3 Å². The van der Waals surface area contributed by atoms with Crippen LogP contribution in [0.5, 0.6) is 11.5 Å². The SMILES string of the molecule is O=C(O)c1coc(=O)c(O)c1O. The summed E-state index contributed by atoms with van der Waals surface area (Å²) in [5.74, 6) is -3.58. The van der Waals surface area contributed by atoms with Crippen LogP contribution in [-0.2, 0) is 0 Å². The van der Waals surface area contributed by atoms with Gasteiger partial charge in [0.05, 0.1) is 0 Å². The highest BCUT2D eigenvalue weighted by atomic mass is 16.4. The summed E-state index contributed by atoms with van der Waals surface area (Å²) in [4.78, 5) is 20.7. The van der Waals surface area contributed by atoms with Crippen molar-refractivity contribution >= 4 is 5.97 Å².